The molecule has 0 aliphatic carbocycles. The van der Waals surface area contributed by atoms with Gasteiger partial charge in [0.15, 0.2) is 0 Å². The molecular weight excluding hydrogens is 312 g/mol. The zero-order chi connectivity index (χ0) is 16.3. The molecule has 8 nitrogen and oxygen atoms in total. The van der Waals surface area contributed by atoms with Crippen LogP contribution < -0.4 is 5.73 Å². The lowest BCUT2D eigenvalue weighted by molar-refractivity contribution is -0.144. The average molecular weight is 335 g/mol. The van der Waals surface area contributed by atoms with Crippen LogP contribution in [0.1, 0.15) is 20.3 Å². The molecule has 0 aromatic rings. The van der Waals surface area contributed by atoms with Crippen molar-refractivity contribution < 1.29 is 19.2 Å². The van der Waals surface area contributed by atoms with E-state index in [1.54, 1.807) is 7.05 Å². The Labute approximate surface area is 136 Å². The maximum atomic E-state index is 12.0. The van der Waals surface area contributed by atoms with Gasteiger partial charge in [-0.05, 0) is 12.3 Å². The smallest absolute Gasteiger partial charge is 0.334 e. The summed E-state index contributed by atoms with van der Waals surface area (Å²) in [5, 5.41) is 0. The highest BCUT2D eigenvalue weighted by molar-refractivity contribution is 6.44. The van der Waals surface area contributed by atoms with E-state index in [0.717, 1.165) is 0 Å². The van der Waals surface area contributed by atoms with E-state index in [-0.39, 0.29) is 18.4 Å². The maximum Gasteiger partial charge on any atom is 0.334 e. The van der Waals surface area contributed by atoms with E-state index in [0.29, 0.717) is 28.7 Å². The van der Waals surface area contributed by atoms with E-state index in [4.69, 9.17) is 5.73 Å². The van der Waals surface area contributed by atoms with Crippen molar-refractivity contribution in [3.8, 4) is 0 Å². The molecule has 0 radical (unpaired) electrons. The summed E-state index contributed by atoms with van der Waals surface area (Å²) >= 11 is 0. The van der Waals surface area contributed by atoms with Crippen LogP contribution in [0.2, 0.25) is 0 Å². The number of carbonyl (C=O) groups is 4. The number of carbonyl (C=O) groups excluding carboxylic acids is 4. The van der Waals surface area contributed by atoms with Crippen molar-refractivity contribution in [1.29, 1.82) is 0 Å². The number of rotatable bonds is 6. The first-order valence-electron chi connectivity index (χ1n) is 6.79. The molecule has 1 unspecified atom stereocenters. The Balaban J connectivity index is 0.00000441. The molecule has 1 saturated heterocycles. The lowest BCUT2D eigenvalue weighted by Crippen LogP contribution is -2.43. The standard InChI is InChI=1S/C13H22N4O4.ClH/c1-8(2)9(14)5-6-15(3)10(18)7-17-12(20)11(19)16(4)13(17)21;/h8-9H,5-7,14H2,1-4H3;1H. The zero-order valence-corrected chi connectivity index (χ0v) is 14.1. The van der Waals surface area contributed by atoms with Crippen LogP contribution in [0.4, 0.5) is 4.79 Å². The minimum absolute atomic E-state index is 0. The quantitative estimate of drug-likeness (QED) is 0.528. The summed E-state index contributed by atoms with van der Waals surface area (Å²) < 4.78 is 0. The fraction of sp³-hybridized carbons (Fsp3) is 0.692. The van der Waals surface area contributed by atoms with Gasteiger partial charge in [-0.25, -0.2) is 9.69 Å². The Hall–Kier alpha value is -1.67. The van der Waals surface area contributed by atoms with Crippen LogP contribution in [0.15, 0.2) is 0 Å². The molecule has 2 N–H and O–H groups in total. The van der Waals surface area contributed by atoms with Crippen molar-refractivity contribution in [2.75, 3.05) is 27.2 Å². The molecule has 1 aliphatic heterocycles. The summed E-state index contributed by atoms with van der Waals surface area (Å²) in [5.41, 5.74) is 5.90. The largest absolute Gasteiger partial charge is 0.344 e. The number of urea groups is 1. The van der Waals surface area contributed by atoms with E-state index in [1.165, 1.54) is 11.9 Å². The summed E-state index contributed by atoms with van der Waals surface area (Å²) in [6.07, 6.45) is 0.626. The summed E-state index contributed by atoms with van der Waals surface area (Å²) in [7, 11) is 2.78. The van der Waals surface area contributed by atoms with Gasteiger partial charge in [0, 0.05) is 26.7 Å². The third-order valence-corrected chi connectivity index (χ3v) is 3.62. The molecule has 1 atom stereocenters. The molecule has 1 fully saturated rings. The molecule has 1 heterocycles. The second-order valence-corrected chi connectivity index (χ2v) is 5.55. The Morgan fingerprint density at radius 3 is 2.18 bits per heavy atom. The number of nitrogens with zero attached hydrogens (tertiary/aromatic N) is 3. The lowest BCUT2D eigenvalue weighted by Gasteiger charge is -2.23. The molecule has 126 valence electrons. The van der Waals surface area contributed by atoms with E-state index in [1.807, 2.05) is 13.8 Å². The molecule has 1 rings (SSSR count). The van der Waals surface area contributed by atoms with Gasteiger partial charge in [-0.3, -0.25) is 19.3 Å². The van der Waals surface area contributed by atoms with Gasteiger partial charge in [0.1, 0.15) is 6.54 Å². The van der Waals surface area contributed by atoms with Crippen molar-refractivity contribution in [1.82, 2.24) is 14.7 Å². The number of nitrogens with two attached hydrogens (primary N) is 1. The molecule has 22 heavy (non-hydrogen) atoms. The second kappa shape index (κ2) is 8.09. The second-order valence-electron chi connectivity index (χ2n) is 5.55. The van der Waals surface area contributed by atoms with Gasteiger partial charge in [-0.2, -0.15) is 0 Å². The lowest BCUT2D eigenvalue weighted by atomic mass is 10.0. The summed E-state index contributed by atoms with van der Waals surface area (Å²) in [4.78, 5) is 49.3. The zero-order valence-electron chi connectivity index (χ0n) is 13.2. The number of hydrogen-bond donors (Lipinski definition) is 1. The maximum absolute atomic E-state index is 12.0. The minimum Gasteiger partial charge on any atom is -0.344 e. The topological polar surface area (TPSA) is 104 Å². The van der Waals surface area contributed by atoms with Gasteiger partial charge >= 0.3 is 17.8 Å². The van der Waals surface area contributed by atoms with Gasteiger partial charge < -0.3 is 10.6 Å². The Bertz CT molecular complexity index is 469. The van der Waals surface area contributed by atoms with Crippen molar-refractivity contribution in [3.05, 3.63) is 0 Å². The third kappa shape index (κ3) is 4.41. The van der Waals surface area contributed by atoms with Crippen molar-refractivity contribution in [3.63, 3.8) is 0 Å². The Morgan fingerprint density at radius 1 is 1.23 bits per heavy atom. The molecule has 0 saturated carbocycles. The SMILES string of the molecule is CC(C)C(N)CCN(C)C(=O)CN1C(=O)C(=O)N(C)C1=O.Cl. The highest BCUT2D eigenvalue weighted by atomic mass is 35.5. The molecule has 5 amide bonds. The molecule has 0 spiro atoms. The normalized spacial score (nSPS) is 16.2. The van der Waals surface area contributed by atoms with E-state index < -0.39 is 30.3 Å². The van der Waals surface area contributed by atoms with Crippen molar-refractivity contribution in [2.24, 2.45) is 11.7 Å². The molecule has 1 aliphatic rings. The number of amides is 5. The van der Waals surface area contributed by atoms with Crippen LogP contribution in [0.25, 0.3) is 0 Å². The van der Waals surface area contributed by atoms with Crippen LogP contribution in [0.3, 0.4) is 0 Å². The molecular formula is C13H23ClN4O4. The number of hydrogen-bond acceptors (Lipinski definition) is 5. The molecule has 0 bridgehead atoms. The van der Waals surface area contributed by atoms with Crippen LogP contribution in [-0.2, 0) is 14.4 Å². The van der Waals surface area contributed by atoms with E-state index in [2.05, 4.69) is 0 Å². The number of imide groups is 2. The van der Waals surface area contributed by atoms with Gasteiger partial charge in [0.05, 0.1) is 0 Å². The van der Waals surface area contributed by atoms with E-state index >= 15 is 0 Å². The Morgan fingerprint density at radius 2 is 1.77 bits per heavy atom. The average Bonchev–Trinajstić information content (AvgIpc) is 2.61. The van der Waals surface area contributed by atoms with Crippen LogP contribution in [-0.4, -0.2) is 71.7 Å². The summed E-state index contributed by atoms with van der Waals surface area (Å²) in [6, 6.07) is -0.798. The van der Waals surface area contributed by atoms with Crippen LogP contribution >= 0.6 is 12.4 Å². The predicted octanol–water partition coefficient (Wildman–Crippen LogP) is -0.339. The highest BCUT2D eigenvalue weighted by Crippen LogP contribution is 2.10. The van der Waals surface area contributed by atoms with Gasteiger partial charge in [-0.15, -0.1) is 12.4 Å². The first-order valence-corrected chi connectivity index (χ1v) is 6.79. The number of likely N-dealkylation sites (N-methyl/N-ethyl adjacent to an activating group) is 2. The fourth-order valence-electron chi connectivity index (χ4n) is 1.81. The van der Waals surface area contributed by atoms with Gasteiger partial charge in [0.25, 0.3) is 0 Å². The van der Waals surface area contributed by atoms with Crippen LogP contribution in [0, 0.1) is 5.92 Å². The third-order valence-electron chi connectivity index (χ3n) is 3.62. The van der Waals surface area contributed by atoms with Crippen molar-refractivity contribution >= 4 is 36.2 Å². The summed E-state index contributed by atoms with van der Waals surface area (Å²) in [5.74, 6) is -1.99. The fourth-order valence-corrected chi connectivity index (χ4v) is 1.81. The van der Waals surface area contributed by atoms with E-state index in [9.17, 15) is 19.2 Å². The van der Waals surface area contributed by atoms with Gasteiger partial charge in [0.2, 0.25) is 5.91 Å². The molecule has 0 aromatic heterocycles. The van der Waals surface area contributed by atoms with Crippen molar-refractivity contribution in [2.45, 2.75) is 26.3 Å². The first-order chi connectivity index (χ1) is 9.66. The predicted molar refractivity (Wildman–Crippen MR) is 82.2 cm³/mol. The molecule has 0 aromatic carbocycles. The minimum atomic E-state index is -0.969. The Kier molecular flexibility index (Phi) is 7.48. The number of halogens is 1. The monoisotopic (exact) mass is 334 g/mol. The van der Waals surface area contributed by atoms with Gasteiger partial charge in [-0.1, -0.05) is 13.8 Å². The van der Waals surface area contributed by atoms with Crippen LogP contribution in [0.5, 0.6) is 0 Å². The summed E-state index contributed by atoms with van der Waals surface area (Å²) in [6.45, 7) is 3.99. The molecule has 9 heteroatoms. The highest BCUT2D eigenvalue weighted by Gasteiger charge is 2.43. The first kappa shape index (κ1) is 20.3.